The van der Waals surface area contributed by atoms with Gasteiger partial charge in [0.2, 0.25) is 15.7 Å². The van der Waals surface area contributed by atoms with E-state index in [4.69, 9.17) is 5.14 Å². The van der Waals surface area contributed by atoms with E-state index in [-0.39, 0.29) is 23.3 Å². The molecule has 0 saturated carbocycles. The molecule has 0 radical (unpaired) electrons. The predicted molar refractivity (Wildman–Crippen MR) is 92.5 cm³/mol. The SMILES string of the molecule is CC(O)(O)CNC1CC(NC(C)(O)O)c2c(sc(S(N)(=O)=O)c2O)S1(=O)=O. The van der Waals surface area contributed by atoms with Gasteiger partial charge in [-0.2, -0.15) is 0 Å². The van der Waals surface area contributed by atoms with Gasteiger partial charge in [0, 0.05) is 18.5 Å². The lowest BCUT2D eigenvalue weighted by molar-refractivity contribution is -0.177. The van der Waals surface area contributed by atoms with E-state index in [1.165, 1.54) is 0 Å². The molecule has 0 amide bonds. The van der Waals surface area contributed by atoms with Crippen molar-refractivity contribution in [2.45, 2.75) is 51.8 Å². The van der Waals surface area contributed by atoms with Crippen LogP contribution in [-0.2, 0) is 19.9 Å². The fourth-order valence-corrected chi connectivity index (χ4v) is 7.25. The highest BCUT2D eigenvalue weighted by Crippen LogP contribution is 2.49. The lowest BCUT2D eigenvalue weighted by Crippen LogP contribution is -2.52. The van der Waals surface area contributed by atoms with Gasteiger partial charge in [-0.15, -0.1) is 11.3 Å². The maximum atomic E-state index is 12.8. The minimum atomic E-state index is -4.45. The Balaban J connectivity index is 2.61. The zero-order chi connectivity index (χ0) is 21.0. The van der Waals surface area contributed by atoms with E-state index >= 15 is 0 Å². The third kappa shape index (κ3) is 4.94. The van der Waals surface area contributed by atoms with Gasteiger partial charge in [0.1, 0.15) is 9.58 Å². The summed E-state index contributed by atoms with van der Waals surface area (Å²) < 4.78 is 47.6. The normalized spacial score (nSPS) is 23.2. The standard InChI is InChI=1S/C12H21N3O9S3/c1-11(17,18)4-14-6-3-5(15-12(2,19)20)7-8(16)10(27(13,23)24)25-9(7)26(6,21)22/h5-6,14-20H,3-4H2,1-2H3,(H2,13,23,24). The largest absolute Gasteiger partial charge is 0.505 e. The van der Waals surface area contributed by atoms with Crippen molar-refractivity contribution >= 4 is 31.2 Å². The number of nitrogens with one attached hydrogen (secondary N) is 2. The van der Waals surface area contributed by atoms with Crippen LogP contribution in [0.2, 0.25) is 0 Å². The van der Waals surface area contributed by atoms with Crippen LogP contribution in [0.5, 0.6) is 5.75 Å². The average molecular weight is 448 g/mol. The van der Waals surface area contributed by atoms with Crippen LogP contribution in [0.15, 0.2) is 8.42 Å². The van der Waals surface area contributed by atoms with Crippen LogP contribution in [-0.4, -0.2) is 66.0 Å². The maximum absolute atomic E-state index is 12.8. The Morgan fingerprint density at radius 1 is 1.26 bits per heavy atom. The Labute approximate surface area is 159 Å². The number of hydrogen-bond donors (Lipinski definition) is 8. The summed E-state index contributed by atoms with van der Waals surface area (Å²) in [7, 11) is -8.70. The molecule has 12 nitrogen and oxygen atoms in total. The van der Waals surface area contributed by atoms with Crippen molar-refractivity contribution < 1.29 is 42.4 Å². The van der Waals surface area contributed by atoms with Crippen molar-refractivity contribution in [2.75, 3.05) is 6.54 Å². The van der Waals surface area contributed by atoms with Gasteiger partial charge >= 0.3 is 0 Å². The molecule has 0 saturated heterocycles. The van der Waals surface area contributed by atoms with Crippen LogP contribution >= 0.6 is 11.3 Å². The van der Waals surface area contributed by atoms with E-state index in [0.717, 1.165) is 13.8 Å². The van der Waals surface area contributed by atoms with Crippen LogP contribution in [0.1, 0.15) is 31.9 Å². The van der Waals surface area contributed by atoms with Gasteiger partial charge in [-0.25, -0.2) is 22.0 Å². The van der Waals surface area contributed by atoms with Crippen molar-refractivity contribution in [3.05, 3.63) is 5.56 Å². The van der Waals surface area contributed by atoms with Crippen LogP contribution < -0.4 is 15.8 Å². The molecule has 1 aromatic heterocycles. The lowest BCUT2D eigenvalue weighted by Gasteiger charge is -2.34. The average Bonchev–Trinajstić information content (AvgIpc) is 2.77. The van der Waals surface area contributed by atoms with Crippen molar-refractivity contribution in [2.24, 2.45) is 5.14 Å². The molecule has 156 valence electrons. The summed E-state index contributed by atoms with van der Waals surface area (Å²) >= 11 is 0.223. The highest BCUT2D eigenvalue weighted by atomic mass is 32.3. The molecule has 0 spiro atoms. The molecular weight excluding hydrogens is 426 g/mol. The Bertz CT molecular complexity index is 926. The minimum Gasteiger partial charge on any atom is -0.505 e. The van der Waals surface area contributed by atoms with Crippen LogP contribution in [0.4, 0.5) is 0 Å². The Morgan fingerprint density at radius 2 is 1.81 bits per heavy atom. The van der Waals surface area contributed by atoms with E-state index in [1.807, 2.05) is 0 Å². The second-order valence-corrected chi connectivity index (χ2v) is 11.7. The Hall–Kier alpha value is -0.880. The van der Waals surface area contributed by atoms with Gasteiger partial charge in [-0.3, -0.25) is 10.6 Å². The van der Waals surface area contributed by atoms with Gasteiger partial charge in [0.05, 0.1) is 6.54 Å². The fraction of sp³-hybridized carbons (Fsp3) is 0.667. The summed E-state index contributed by atoms with van der Waals surface area (Å²) in [5, 5.41) is 56.5. The first kappa shape index (κ1) is 22.4. The molecule has 27 heavy (non-hydrogen) atoms. The van der Waals surface area contributed by atoms with Gasteiger partial charge in [0.15, 0.2) is 15.7 Å². The molecule has 1 aromatic rings. The van der Waals surface area contributed by atoms with E-state index in [2.05, 4.69) is 10.6 Å². The molecule has 2 heterocycles. The highest BCUT2D eigenvalue weighted by molar-refractivity contribution is 7.95. The molecule has 2 unspecified atom stereocenters. The van der Waals surface area contributed by atoms with Gasteiger partial charge in [0.25, 0.3) is 10.0 Å². The van der Waals surface area contributed by atoms with Gasteiger partial charge < -0.3 is 25.5 Å². The number of sulfonamides is 1. The molecule has 0 fully saturated rings. The zero-order valence-corrected chi connectivity index (χ0v) is 16.7. The predicted octanol–water partition coefficient (Wildman–Crippen LogP) is -2.82. The number of fused-ring (bicyclic) bond motifs is 1. The molecule has 15 heteroatoms. The third-order valence-corrected chi connectivity index (χ3v) is 8.89. The number of sulfone groups is 1. The first-order valence-electron chi connectivity index (χ1n) is 7.46. The molecule has 1 aliphatic heterocycles. The summed E-state index contributed by atoms with van der Waals surface area (Å²) in [6.45, 7) is 1.42. The highest BCUT2D eigenvalue weighted by Gasteiger charge is 2.46. The lowest BCUT2D eigenvalue weighted by atomic mass is 10.0. The number of rotatable bonds is 6. The molecule has 2 rings (SSSR count). The molecule has 0 bridgehead atoms. The first-order chi connectivity index (χ1) is 11.9. The molecule has 0 aromatic carbocycles. The van der Waals surface area contributed by atoms with Crippen LogP contribution in [0.3, 0.4) is 0 Å². The van der Waals surface area contributed by atoms with Crippen LogP contribution in [0.25, 0.3) is 0 Å². The second-order valence-electron chi connectivity index (χ2n) is 6.57. The second kappa shape index (κ2) is 6.87. The maximum Gasteiger partial charge on any atom is 0.251 e. The molecule has 9 N–H and O–H groups in total. The molecular formula is C12H21N3O9S3. The van der Waals surface area contributed by atoms with E-state index < -0.39 is 63.7 Å². The van der Waals surface area contributed by atoms with E-state index in [9.17, 15) is 42.4 Å². The Morgan fingerprint density at radius 3 is 2.26 bits per heavy atom. The van der Waals surface area contributed by atoms with Crippen molar-refractivity contribution in [1.29, 1.82) is 0 Å². The monoisotopic (exact) mass is 447 g/mol. The number of primary sulfonamides is 1. The Kier molecular flexibility index (Phi) is 5.70. The number of aliphatic hydroxyl groups is 4. The number of aromatic hydroxyl groups is 1. The van der Waals surface area contributed by atoms with Crippen molar-refractivity contribution in [3.63, 3.8) is 0 Å². The summed E-state index contributed by atoms with van der Waals surface area (Å²) in [5.41, 5.74) is -0.354. The van der Waals surface area contributed by atoms with Gasteiger partial charge in [-0.1, -0.05) is 0 Å². The number of thiophene rings is 1. The van der Waals surface area contributed by atoms with Gasteiger partial charge in [-0.05, 0) is 13.3 Å². The van der Waals surface area contributed by atoms with Crippen molar-refractivity contribution in [3.8, 4) is 5.75 Å². The van der Waals surface area contributed by atoms with E-state index in [1.54, 1.807) is 0 Å². The van der Waals surface area contributed by atoms with Crippen molar-refractivity contribution in [1.82, 2.24) is 10.6 Å². The fourth-order valence-electron chi connectivity index (χ4n) is 2.65. The number of nitrogens with two attached hydrogens (primary N) is 1. The molecule has 0 aliphatic carbocycles. The smallest absolute Gasteiger partial charge is 0.251 e. The van der Waals surface area contributed by atoms with E-state index in [0.29, 0.717) is 0 Å². The summed E-state index contributed by atoms with van der Waals surface area (Å²) in [6.07, 6.45) is -0.378. The minimum absolute atomic E-state index is 0.223. The summed E-state index contributed by atoms with van der Waals surface area (Å²) in [6, 6.07) is -1.20. The van der Waals surface area contributed by atoms with Crippen LogP contribution in [0, 0.1) is 0 Å². The molecule has 1 aliphatic rings. The zero-order valence-electron chi connectivity index (χ0n) is 14.2. The summed E-state index contributed by atoms with van der Waals surface area (Å²) in [4.78, 5) is 0. The number of hydrogen-bond acceptors (Lipinski definition) is 12. The molecule has 2 atom stereocenters. The summed E-state index contributed by atoms with van der Waals surface area (Å²) in [5.74, 6) is -5.60. The topological polar surface area (TPSA) is 220 Å². The third-order valence-electron chi connectivity index (χ3n) is 3.66. The first-order valence-corrected chi connectivity index (χ1v) is 11.4. The quantitative estimate of drug-likeness (QED) is 0.208.